The molecule has 0 atom stereocenters. The minimum atomic E-state index is 0.394. The molecule has 1 aliphatic rings. The van der Waals surface area contributed by atoms with E-state index in [-0.39, 0.29) is 0 Å². The molecule has 2 N–H and O–H groups in total. The van der Waals surface area contributed by atoms with Crippen molar-refractivity contribution in [1.29, 1.82) is 0 Å². The zero-order valence-electron chi connectivity index (χ0n) is 10.8. The van der Waals surface area contributed by atoms with Crippen LogP contribution in [0.25, 0.3) is 10.9 Å². The standard InChI is InChI=1S/C15H20N2O/c1-17-10-12(7-8-16-9-11-5-6-11)15-13(17)3-2-4-14(15)18/h2-4,10-11,16,18H,5-9H2,1H3. The second-order valence-electron chi connectivity index (χ2n) is 5.33. The van der Waals surface area contributed by atoms with Crippen molar-refractivity contribution in [2.45, 2.75) is 19.3 Å². The first-order valence-corrected chi connectivity index (χ1v) is 6.72. The van der Waals surface area contributed by atoms with Crippen LogP contribution < -0.4 is 5.32 Å². The summed E-state index contributed by atoms with van der Waals surface area (Å²) in [5.74, 6) is 1.32. The normalized spacial score (nSPS) is 15.4. The number of hydrogen-bond acceptors (Lipinski definition) is 2. The number of aromatic hydroxyl groups is 1. The lowest BCUT2D eigenvalue weighted by Crippen LogP contribution is -2.19. The fourth-order valence-corrected chi connectivity index (χ4v) is 2.56. The van der Waals surface area contributed by atoms with Crippen molar-refractivity contribution in [3.8, 4) is 5.75 Å². The number of phenolic OH excluding ortho intramolecular Hbond substituents is 1. The van der Waals surface area contributed by atoms with Gasteiger partial charge in [0.25, 0.3) is 0 Å². The Balaban J connectivity index is 1.74. The first-order valence-electron chi connectivity index (χ1n) is 6.72. The van der Waals surface area contributed by atoms with E-state index in [0.29, 0.717) is 5.75 Å². The van der Waals surface area contributed by atoms with Gasteiger partial charge in [0, 0.05) is 18.6 Å². The molecule has 18 heavy (non-hydrogen) atoms. The number of rotatable bonds is 5. The maximum absolute atomic E-state index is 9.99. The highest BCUT2D eigenvalue weighted by Crippen LogP contribution is 2.30. The van der Waals surface area contributed by atoms with Crippen molar-refractivity contribution >= 4 is 10.9 Å². The second kappa shape index (κ2) is 4.65. The maximum atomic E-state index is 9.99. The summed E-state index contributed by atoms with van der Waals surface area (Å²) in [5, 5.41) is 14.5. The molecule has 2 aromatic rings. The number of fused-ring (bicyclic) bond motifs is 1. The Bertz CT molecular complexity index is 555. The Morgan fingerprint density at radius 1 is 1.39 bits per heavy atom. The first kappa shape index (κ1) is 11.6. The number of nitrogens with zero attached hydrogens (tertiary/aromatic N) is 1. The molecule has 3 heteroatoms. The predicted octanol–water partition coefficient (Wildman–Crippen LogP) is 2.43. The number of aromatic nitrogens is 1. The zero-order chi connectivity index (χ0) is 12.5. The number of nitrogens with one attached hydrogen (secondary N) is 1. The van der Waals surface area contributed by atoms with Crippen molar-refractivity contribution in [2.24, 2.45) is 13.0 Å². The van der Waals surface area contributed by atoms with E-state index in [9.17, 15) is 5.11 Å². The van der Waals surface area contributed by atoms with E-state index in [1.807, 2.05) is 13.1 Å². The molecule has 0 amide bonds. The predicted molar refractivity (Wildman–Crippen MR) is 73.9 cm³/mol. The molecular weight excluding hydrogens is 224 g/mol. The van der Waals surface area contributed by atoms with Crippen LogP contribution in [0, 0.1) is 5.92 Å². The van der Waals surface area contributed by atoms with Gasteiger partial charge in [-0.15, -0.1) is 0 Å². The third kappa shape index (κ3) is 2.23. The maximum Gasteiger partial charge on any atom is 0.125 e. The summed E-state index contributed by atoms with van der Waals surface area (Å²) in [4.78, 5) is 0. The van der Waals surface area contributed by atoms with Gasteiger partial charge in [-0.25, -0.2) is 0 Å². The van der Waals surface area contributed by atoms with Crippen LogP contribution in [0.15, 0.2) is 24.4 Å². The lowest BCUT2D eigenvalue weighted by Gasteiger charge is -2.03. The quantitative estimate of drug-likeness (QED) is 0.793. The summed E-state index contributed by atoms with van der Waals surface area (Å²) < 4.78 is 2.09. The molecule has 0 saturated heterocycles. The Kier molecular flexibility index (Phi) is 3.00. The van der Waals surface area contributed by atoms with Crippen LogP contribution >= 0.6 is 0 Å². The van der Waals surface area contributed by atoms with Crippen LogP contribution in [-0.2, 0) is 13.5 Å². The molecule has 3 nitrogen and oxygen atoms in total. The summed E-state index contributed by atoms with van der Waals surface area (Å²) in [6, 6.07) is 5.71. The lowest BCUT2D eigenvalue weighted by molar-refractivity contribution is 0.481. The highest BCUT2D eigenvalue weighted by Gasteiger charge is 2.20. The van der Waals surface area contributed by atoms with Crippen LogP contribution in [0.2, 0.25) is 0 Å². The molecular formula is C15H20N2O. The summed E-state index contributed by atoms with van der Waals surface area (Å²) in [6.07, 6.45) is 5.88. The van der Waals surface area contributed by atoms with Crippen molar-refractivity contribution < 1.29 is 5.11 Å². The van der Waals surface area contributed by atoms with Gasteiger partial charge < -0.3 is 15.0 Å². The number of phenols is 1. The highest BCUT2D eigenvalue weighted by atomic mass is 16.3. The first-order chi connectivity index (χ1) is 8.75. The Labute approximate surface area is 107 Å². The fraction of sp³-hybridized carbons (Fsp3) is 0.467. The molecule has 3 rings (SSSR count). The summed E-state index contributed by atoms with van der Waals surface area (Å²) in [7, 11) is 2.03. The van der Waals surface area contributed by atoms with Gasteiger partial charge in [-0.1, -0.05) is 6.07 Å². The van der Waals surface area contributed by atoms with Gasteiger partial charge in [0.2, 0.25) is 0 Å². The van der Waals surface area contributed by atoms with Gasteiger partial charge in [-0.3, -0.25) is 0 Å². The largest absolute Gasteiger partial charge is 0.507 e. The van der Waals surface area contributed by atoms with Gasteiger partial charge in [0.1, 0.15) is 5.75 Å². The average Bonchev–Trinajstić information content (AvgIpc) is 3.11. The minimum absolute atomic E-state index is 0.394. The number of aryl methyl sites for hydroxylation is 1. The Morgan fingerprint density at radius 3 is 3.00 bits per heavy atom. The molecule has 1 heterocycles. The third-order valence-corrected chi connectivity index (χ3v) is 3.77. The monoisotopic (exact) mass is 244 g/mol. The molecule has 0 bridgehead atoms. The van der Waals surface area contributed by atoms with Crippen LogP contribution in [0.1, 0.15) is 18.4 Å². The van der Waals surface area contributed by atoms with Gasteiger partial charge in [-0.05, 0) is 56.0 Å². The van der Waals surface area contributed by atoms with Crippen molar-refractivity contribution in [2.75, 3.05) is 13.1 Å². The number of benzene rings is 1. The van der Waals surface area contributed by atoms with Crippen LogP contribution in [0.3, 0.4) is 0 Å². The summed E-state index contributed by atoms with van der Waals surface area (Å²) >= 11 is 0. The van der Waals surface area contributed by atoms with Gasteiger partial charge in [-0.2, -0.15) is 0 Å². The molecule has 1 saturated carbocycles. The van der Waals surface area contributed by atoms with Crippen molar-refractivity contribution in [3.05, 3.63) is 30.0 Å². The molecule has 1 aromatic carbocycles. The van der Waals surface area contributed by atoms with Crippen LogP contribution in [0.5, 0.6) is 5.75 Å². The smallest absolute Gasteiger partial charge is 0.125 e. The highest BCUT2D eigenvalue weighted by molar-refractivity contribution is 5.89. The van der Waals surface area contributed by atoms with E-state index >= 15 is 0 Å². The minimum Gasteiger partial charge on any atom is -0.507 e. The van der Waals surface area contributed by atoms with E-state index in [1.165, 1.54) is 18.4 Å². The van der Waals surface area contributed by atoms with Crippen LogP contribution in [-0.4, -0.2) is 22.8 Å². The molecule has 0 unspecified atom stereocenters. The molecule has 0 spiro atoms. The molecule has 1 aromatic heterocycles. The third-order valence-electron chi connectivity index (χ3n) is 3.77. The second-order valence-corrected chi connectivity index (χ2v) is 5.33. The van der Waals surface area contributed by atoms with Gasteiger partial charge in [0.05, 0.1) is 5.52 Å². The Morgan fingerprint density at radius 2 is 2.22 bits per heavy atom. The fourth-order valence-electron chi connectivity index (χ4n) is 2.56. The topological polar surface area (TPSA) is 37.2 Å². The van der Waals surface area contributed by atoms with E-state index in [1.54, 1.807) is 6.07 Å². The molecule has 1 fully saturated rings. The van der Waals surface area contributed by atoms with E-state index in [0.717, 1.165) is 36.3 Å². The lowest BCUT2D eigenvalue weighted by atomic mass is 10.1. The summed E-state index contributed by atoms with van der Waals surface area (Å²) in [5.41, 5.74) is 2.33. The SMILES string of the molecule is Cn1cc(CCNCC2CC2)c2c(O)cccc21. The van der Waals surface area contributed by atoms with Gasteiger partial charge >= 0.3 is 0 Å². The molecule has 96 valence electrons. The molecule has 0 radical (unpaired) electrons. The van der Waals surface area contributed by atoms with Gasteiger partial charge in [0.15, 0.2) is 0 Å². The molecule has 0 aliphatic heterocycles. The average molecular weight is 244 g/mol. The van der Waals surface area contributed by atoms with E-state index < -0.39 is 0 Å². The van der Waals surface area contributed by atoms with Crippen LogP contribution in [0.4, 0.5) is 0 Å². The number of hydrogen-bond donors (Lipinski definition) is 2. The Hall–Kier alpha value is -1.48. The van der Waals surface area contributed by atoms with Crippen molar-refractivity contribution in [1.82, 2.24) is 9.88 Å². The van der Waals surface area contributed by atoms with E-state index in [2.05, 4.69) is 22.1 Å². The zero-order valence-corrected chi connectivity index (χ0v) is 10.8. The van der Waals surface area contributed by atoms with E-state index in [4.69, 9.17) is 0 Å². The summed E-state index contributed by atoms with van der Waals surface area (Å²) in [6.45, 7) is 2.14. The van der Waals surface area contributed by atoms with Crippen molar-refractivity contribution in [3.63, 3.8) is 0 Å². The molecule has 1 aliphatic carbocycles.